The van der Waals surface area contributed by atoms with Crippen molar-refractivity contribution in [3.05, 3.63) is 47.3 Å². The standard InChI is InChI=1S/C20H28N4O3S/c1-16-20(17(2)22(3)21-16)28(26,27)24-13-7-12-23(14-15-24)19(25)11-10-18-8-5-4-6-9-18/h4-6,8-9H,7,10-15H2,1-3H3. The van der Waals surface area contributed by atoms with Crippen LogP contribution in [0.15, 0.2) is 35.2 Å². The molecule has 28 heavy (non-hydrogen) atoms. The Morgan fingerprint density at radius 2 is 1.79 bits per heavy atom. The van der Waals surface area contributed by atoms with Crippen LogP contribution in [0.1, 0.15) is 29.8 Å². The monoisotopic (exact) mass is 404 g/mol. The summed E-state index contributed by atoms with van der Waals surface area (Å²) in [5.74, 6) is 0.0804. The van der Waals surface area contributed by atoms with E-state index in [1.54, 1.807) is 30.5 Å². The second kappa shape index (κ2) is 8.45. The second-order valence-corrected chi connectivity index (χ2v) is 9.12. The van der Waals surface area contributed by atoms with E-state index in [2.05, 4.69) is 5.10 Å². The predicted octanol–water partition coefficient (Wildman–Crippen LogP) is 1.89. The molecule has 8 heteroatoms. The van der Waals surface area contributed by atoms with Crippen molar-refractivity contribution in [3.8, 4) is 0 Å². The first kappa shape index (κ1) is 20.5. The first-order valence-corrected chi connectivity index (χ1v) is 11.1. The Labute approximate surface area is 167 Å². The maximum absolute atomic E-state index is 13.2. The molecular weight excluding hydrogens is 376 g/mol. The summed E-state index contributed by atoms with van der Waals surface area (Å²) in [4.78, 5) is 14.7. The van der Waals surface area contributed by atoms with Gasteiger partial charge in [-0.15, -0.1) is 0 Å². The molecule has 0 bridgehead atoms. The molecule has 7 nitrogen and oxygen atoms in total. The van der Waals surface area contributed by atoms with Crippen LogP contribution in [0.3, 0.4) is 0 Å². The van der Waals surface area contributed by atoms with Crippen LogP contribution in [0.25, 0.3) is 0 Å². The molecule has 0 saturated carbocycles. The van der Waals surface area contributed by atoms with E-state index in [1.807, 2.05) is 30.3 Å². The molecule has 1 aromatic heterocycles. The Morgan fingerprint density at radius 1 is 1.07 bits per heavy atom. The van der Waals surface area contributed by atoms with Crippen molar-refractivity contribution in [3.63, 3.8) is 0 Å². The lowest BCUT2D eigenvalue weighted by molar-refractivity contribution is -0.131. The van der Waals surface area contributed by atoms with Crippen molar-refractivity contribution in [2.45, 2.75) is 38.0 Å². The van der Waals surface area contributed by atoms with Crippen LogP contribution >= 0.6 is 0 Å². The van der Waals surface area contributed by atoms with E-state index in [-0.39, 0.29) is 5.91 Å². The Bertz CT molecular complexity index is 938. The highest BCUT2D eigenvalue weighted by Gasteiger charge is 2.32. The minimum absolute atomic E-state index is 0.0804. The third-order valence-corrected chi connectivity index (χ3v) is 7.47. The Balaban J connectivity index is 1.65. The van der Waals surface area contributed by atoms with Crippen LogP contribution in [0, 0.1) is 13.8 Å². The molecule has 2 aromatic rings. The lowest BCUT2D eigenvalue weighted by atomic mass is 10.1. The average Bonchev–Trinajstić information content (AvgIpc) is 2.84. The molecule has 152 valence electrons. The first-order chi connectivity index (χ1) is 13.3. The topological polar surface area (TPSA) is 75.5 Å². The van der Waals surface area contributed by atoms with Crippen LogP contribution in [-0.2, 0) is 28.3 Å². The van der Waals surface area contributed by atoms with Gasteiger partial charge < -0.3 is 4.90 Å². The summed E-state index contributed by atoms with van der Waals surface area (Å²) in [6.45, 7) is 5.23. The molecule has 0 spiro atoms. The molecule has 1 fully saturated rings. The van der Waals surface area contributed by atoms with Crippen molar-refractivity contribution in [2.24, 2.45) is 7.05 Å². The average molecular weight is 405 g/mol. The summed E-state index contributed by atoms with van der Waals surface area (Å²) in [5.41, 5.74) is 2.29. The second-order valence-electron chi connectivity index (χ2n) is 7.25. The molecule has 0 atom stereocenters. The molecule has 0 N–H and O–H groups in total. The predicted molar refractivity (Wildman–Crippen MR) is 107 cm³/mol. The van der Waals surface area contributed by atoms with Gasteiger partial charge in [-0.3, -0.25) is 9.48 Å². The van der Waals surface area contributed by atoms with Gasteiger partial charge in [0.25, 0.3) is 0 Å². The smallest absolute Gasteiger partial charge is 0.246 e. The number of carbonyl (C=O) groups excluding carboxylic acids is 1. The fourth-order valence-corrected chi connectivity index (χ4v) is 5.56. The van der Waals surface area contributed by atoms with Crippen molar-refractivity contribution < 1.29 is 13.2 Å². The van der Waals surface area contributed by atoms with Gasteiger partial charge in [-0.05, 0) is 32.3 Å². The molecular formula is C20H28N4O3S. The van der Waals surface area contributed by atoms with Gasteiger partial charge >= 0.3 is 0 Å². The molecule has 1 amide bonds. The number of amides is 1. The molecule has 2 heterocycles. The summed E-state index contributed by atoms with van der Waals surface area (Å²) >= 11 is 0. The Morgan fingerprint density at radius 3 is 2.43 bits per heavy atom. The molecule has 1 aliphatic heterocycles. The molecule has 1 saturated heterocycles. The van der Waals surface area contributed by atoms with Gasteiger partial charge in [0.2, 0.25) is 15.9 Å². The zero-order valence-electron chi connectivity index (χ0n) is 16.8. The summed E-state index contributed by atoms with van der Waals surface area (Å²) in [5, 5.41) is 4.24. The van der Waals surface area contributed by atoms with E-state index in [0.29, 0.717) is 61.7 Å². The van der Waals surface area contributed by atoms with Gasteiger partial charge in [0.15, 0.2) is 0 Å². The van der Waals surface area contributed by atoms with E-state index in [9.17, 15) is 13.2 Å². The van der Waals surface area contributed by atoms with Crippen LogP contribution in [-0.4, -0.2) is 59.5 Å². The number of sulfonamides is 1. The van der Waals surface area contributed by atoms with Gasteiger partial charge in [0.1, 0.15) is 4.90 Å². The van der Waals surface area contributed by atoms with Crippen molar-refractivity contribution in [2.75, 3.05) is 26.2 Å². The summed E-state index contributed by atoms with van der Waals surface area (Å²) in [7, 11) is -1.87. The Kier molecular flexibility index (Phi) is 6.20. The highest BCUT2D eigenvalue weighted by Crippen LogP contribution is 2.24. The lowest BCUT2D eigenvalue weighted by Gasteiger charge is -2.22. The van der Waals surface area contributed by atoms with E-state index in [4.69, 9.17) is 0 Å². The number of rotatable bonds is 5. The zero-order chi connectivity index (χ0) is 20.3. The minimum Gasteiger partial charge on any atom is -0.341 e. The van der Waals surface area contributed by atoms with Gasteiger partial charge in [0.05, 0.1) is 11.4 Å². The maximum Gasteiger partial charge on any atom is 0.246 e. The normalized spacial score (nSPS) is 16.2. The van der Waals surface area contributed by atoms with E-state index >= 15 is 0 Å². The number of hydrogen-bond acceptors (Lipinski definition) is 4. The van der Waals surface area contributed by atoms with Gasteiger partial charge in [-0.2, -0.15) is 9.40 Å². The van der Waals surface area contributed by atoms with Crippen molar-refractivity contribution >= 4 is 15.9 Å². The fraction of sp³-hybridized carbons (Fsp3) is 0.500. The Hall–Kier alpha value is -2.19. The maximum atomic E-state index is 13.2. The highest BCUT2D eigenvalue weighted by atomic mass is 32.2. The number of carbonyl (C=O) groups is 1. The van der Waals surface area contributed by atoms with Crippen molar-refractivity contribution in [1.29, 1.82) is 0 Å². The number of aryl methyl sites for hydroxylation is 3. The quantitative estimate of drug-likeness (QED) is 0.763. The number of benzene rings is 1. The summed E-state index contributed by atoms with van der Waals surface area (Å²) in [6.07, 6.45) is 1.78. The molecule has 0 radical (unpaired) electrons. The molecule has 0 aliphatic carbocycles. The van der Waals surface area contributed by atoms with E-state index in [0.717, 1.165) is 5.56 Å². The van der Waals surface area contributed by atoms with E-state index in [1.165, 1.54) is 4.31 Å². The van der Waals surface area contributed by atoms with Crippen molar-refractivity contribution in [1.82, 2.24) is 19.0 Å². The third-order valence-electron chi connectivity index (χ3n) is 5.32. The lowest BCUT2D eigenvalue weighted by Crippen LogP contribution is -2.37. The first-order valence-electron chi connectivity index (χ1n) is 9.62. The van der Waals surface area contributed by atoms with Crippen LogP contribution in [0.5, 0.6) is 0 Å². The molecule has 1 aromatic carbocycles. The fourth-order valence-electron chi connectivity index (χ4n) is 3.69. The van der Waals surface area contributed by atoms with Gasteiger partial charge in [-0.1, -0.05) is 30.3 Å². The van der Waals surface area contributed by atoms with Crippen LogP contribution in [0.4, 0.5) is 0 Å². The molecule has 0 unspecified atom stereocenters. The number of hydrogen-bond donors (Lipinski definition) is 0. The highest BCUT2D eigenvalue weighted by molar-refractivity contribution is 7.89. The van der Waals surface area contributed by atoms with Crippen LogP contribution in [0.2, 0.25) is 0 Å². The molecule has 1 aliphatic rings. The third kappa shape index (κ3) is 4.28. The minimum atomic E-state index is -3.62. The largest absolute Gasteiger partial charge is 0.341 e. The van der Waals surface area contributed by atoms with Gasteiger partial charge in [-0.25, -0.2) is 8.42 Å². The summed E-state index contributed by atoms with van der Waals surface area (Å²) < 4.78 is 29.4. The summed E-state index contributed by atoms with van der Waals surface area (Å²) in [6, 6.07) is 9.93. The van der Waals surface area contributed by atoms with Crippen LogP contribution < -0.4 is 0 Å². The number of nitrogens with zero attached hydrogens (tertiary/aromatic N) is 4. The number of aromatic nitrogens is 2. The molecule has 3 rings (SSSR count). The van der Waals surface area contributed by atoms with Gasteiger partial charge in [0, 0.05) is 39.6 Å². The zero-order valence-corrected chi connectivity index (χ0v) is 17.6. The van der Waals surface area contributed by atoms with E-state index < -0.39 is 10.0 Å². The SMILES string of the molecule is Cc1nn(C)c(C)c1S(=O)(=O)N1CCCN(C(=O)CCc2ccccc2)CC1.